The van der Waals surface area contributed by atoms with Crippen LogP contribution < -0.4 is 15.5 Å². The third kappa shape index (κ3) is 4.14. The lowest BCUT2D eigenvalue weighted by molar-refractivity contribution is -0.123. The van der Waals surface area contributed by atoms with Crippen LogP contribution in [0.3, 0.4) is 0 Å². The highest BCUT2D eigenvalue weighted by Crippen LogP contribution is 2.27. The number of nitrogens with one attached hydrogen (secondary N) is 2. The van der Waals surface area contributed by atoms with E-state index in [9.17, 15) is 9.59 Å². The van der Waals surface area contributed by atoms with Gasteiger partial charge in [-0.2, -0.15) is 4.98 Å². The van der Waals surface area contributed by atoms with Crippen LogP contribution in [0.15, 0.2) is 28.8 Å². The van der Waals surface area contributed by atoms with Gasteiger partial charge in [-0.15, -0.1) is 0 Å². The summed E-state index contributed by atoms with van der Waals surface area (Å²) >= 11 is 0. The molecule has 0 aliphatic carbocycles. The fourth-order valence-corrected chi connectivity index (χ4v) is 2.71. The van der Waals surface area contributed by atoms with Gasteiger partial charge in [0.2, 0.25) is 17.7 Å². The first-order valence-corrected chi connectivity index (χ1v) is 8.18. The van der Waals surface area contributed by atoms with Crippen molar-refractivity contribution in [3.8, 4) is 0 Å². The quantitative estimate of drug-likeness (QED) is 0.821. The van der Waals surface area contributed by atoms with E-state index in [1.165, 1.54) is 0 Å². The van der Waals surface area contributed by atoms with Gasteiger partial charge in [0.15, 0.2) is 0 Å². The molecule has 3 rings (SSSR count). The summed E-state index contributed by atoms with van der Waals surface area (Å²) in [6.07, 6.45) is 1.43. The van der Waals surface area contributed by atoms with Crippen molar-refractivity contribution in [2.75, 3.05) is 24.3 Å². The van der Waals surface area contributed by atoms with Crippen LogP contribution in [0.4, 0.5) is 11.6 Å². The van der Waals surface area contributed by atoms with Gasteiger partial charge in [0, 0.05) is 32.1 Å². The number of carbonyl (C=O) groups is 2. The minimum atomic E-state index is -0.190. The first-order chi connectivity index (χ1) is 12.0. The summed E-state index contributed by atoms with van der Waals surface area (Å²) in [5, 5.41) is 9.42. The van der Waals surface area contributed by atoms with E-state index in [0.717, 1.165) is 11.3 Å². The highest BCUT2D eigenvalue weighted by Gasteiger charge is 2.26. The largest absolute Gasteiger partial charge is 0.347 e. The lowest BCUT2D eigenvalue weighted by Crippen LogP contribution is -2.31. The number of nitrogens with zero attached hydrogens (tertiary/aromatic N) is 3. The van der Waals surface area contributed by atoms with E-state index in [1.807, 2.05) is 24.3 Å². The van der Waals surface area contributed by atoms with Crippen LogP contribution in [0.1, 0.15) is 24.3 Å². The summed E-state index contributed by atoms with van der Waals surface area (Å²) in [7, 11) is 3.61. The third-order valence-electron chi connectivity index (χ3n) is 4.13. The molecule has 1 atom stereocenters. The van der Waals surface area contributed by atoms with Gasteiger partial charge in [0.1, 0.15) is 0 Å². The molecule has 8 heteroatoms. The van der Waals surface area contributed by atoms with Crippen LogP contribution in [-0.2, 0) is 22.6 Å². The molecule has 2 N–H and O–H groups in total. The Labute approximate surface area is 145 Å². The predicted molar refractivity (Wildman–Crippen MR) is 92.0 cm³/mol. The fraction of sp³-hybridized carbons (Fsp3) is 0.412. The van der Waals surface area contributed by atoms with Crippen LogP contribution in [0.5, 0.6) is 0 Å². The number of carbonyl (C=O) groups excluding carboxylic acids is 2. The molecule has 132 valence electrons. The molecule has 2 aromatic rings. The maximum absolute atomic E-state index is 12.1. The summed E-state index contributed by atoms with van der Waals surface area (Å²) in [5.41, 5.74) is 1.97. The van der Waals surface area contributed by atoms with E-state index in [-0.39, 0.29) is 30.7 Å². The van der Waals surface area contributed by atoms with Gasteiger partial charge in [0.05, 0.1) is 6.54 Å². The van der Waals surface area contributed by atoms with Gasteiger partial charge in [-0.3, -0.25) is 9.59 Å². The van der Waals surface area contributed by atoms with E-state index < -0.39 is 0 Å². The zero-order valence-corrected chi connectivity index (χ0v) is 14.3. The number of benzene rings is 1. The first kappa shape index (κ1) is 16.9. The molecule has 0 fully saturated rings. The second kappa shape index (κ2) is 7.33. The minimum absolute atomic E-state index is 0.0287. The Balaban J connectivity index is 1.46. The molecule has 0 spiro atoms. The first-order valence-electron chi connectivity index (χ1n) is 8.18. The van der Waals surface area contributed by atoms with E-state index in [2.05, 4.69) is 20.8 Å². The molecule has 0 radical (unpaired) electrons. The van der Waals surface area contributed by atoms with Gasteiger partial charge in [-0.25, -0.2) is 0 Å². The Kier molecular flexibility index (Phi) is 4.97. The number of aromatic nitrogens is 2. The summed E-state index contributed by atoms with van der Waals surface area (Å²) in [4.78, 5) is 30.0. The van der Waals surface area contributed by atoms with Crippen molar-refractivity contribution in [2.45, 2.75) is 25.8 Å². The topological polar surface area (TPSA) is 100 Å². The molecule has 2 heterocycles. The zero-order valence-electron chi connectivity index (χ0n) is 14.3. The summed E-state index contributed by atoms with van der Waals surface area (Å²) in [5.74, 6) is 0.447. The Morgan fingerprint density at radius 1 is 1.40 bits per heavy atom. The average Bonchev–Trinajstić information content (AvgIpc) is 3.07. The molecule has 0 saturated carbocycles. The molecule has 8 nitrogen and oxygen atoms in total. The summed E-state index contributed by atoms with van der Waals surface area (Å²) in [6.45, 7) is 0.180. The molecule has 1 aliphatic rings. The average molecular weight is 343 g/mol. The molecule has 0 bridgehead atoms. The highest BCUT2D eigenvalue weighted by molar-refractivity contribution is 5.96. The monoisotopic (exact) mass is 343 g/mol. The molecule has 1 aromatic heterocycles. The number of hydrogen-bond donors (Lipinski definition) is 2. The van der Waals surface area contributed by atoms with Gasteiger partial charge in [0.25, 0.3) is 5.95 Å². The van der Waals surface area contributed by atoms with E-state index >= 15 is 0 Å². The maximum Gasteiger partial charge on any atom is 0.265 e. The second-order valence-electron chi connectivity index (χ2n) is 6.25. The molecule has 1 aromatic carbocycles. The summed E-state index contributed by atoms with van der Waals surface area (Å²) < 4.78 is 5.05. The standard InChI is InChI=1S/C17H21N5O3/c1-22(2)17-20-15(25-21-17)10-18-14(23)8-7-12-9-11-5-3-4-6-13(11)19-16(12)24/h3-6,12H,7-10H2,1-2H3,(H,18,23)(H,19,24). The van der Waals surface area contributed by atoms with Crippen LogP contribution in [0, 0.1) is 5.92 Å². The SMILES string of the molecule is CN(C)c1noc(CNC(=O)CCC2Cc3ccccc3NC2=O)n1. The van der Waals surface area contributed by atoms with Gasteiger partial charge < -0.3 is 20.1 Å². The minimum Gasteiger partial charge on any atom is -0.347 e. The molecule has 1 aliphatic heterocycles. The molecule has 25 heavy (non-hydrogen) atoms. The van der Waals surface area contributed by atoms with Crippen molar-refractivity contribution in [1.82, 2.24) is 15.5 Å². The van der Waals surface area contributed by atoms with Crippen molar-refractivity contribution < 1.29 is 14.1 Å². The Morgan fingerprint density at radius 2 is 2.20 bits per heavy atom. The number of fused-ring (bicyclic) bond motifs is 1. The molecular formula is C17H21N5O3. The lowest BCUT2D eigenvalue weighted by Gasteiger charge is -2.24. The Hall–Kier alpha value is -2.90. The molecule has 1 unspecified atom stereocenters. The van der Waals surface area contributed by atoms with Crippen LogP contribution in [0.25, 0.3) is 0 Å². The molecule has 0 saturated heterocycles. The van der Waals surface area contributed by atoms with E-state index in [1.54, 1.807) is 19.0 Å². The van der Waals surface area contributed by atoms with Crippen molar-refractivity contribution >= 4 is 23.5 Å². The summed E-state index contributed by atoms with van der Waals surface area (Å²) in [6, 6.07) is 7.74. The number of rotatable bonds is 6. The maximum atomic E-state index is 12.1. The molecule has 2 amide bonds. The van der Waals surface area contributed by atoms with Crippen molar-refractivity contribution in [3.63, 3.8) is 0 Å². The van der Waals surface area contributed by atoms with Gasteiger partial charge in [-0.05, 0) is 29.6 Å². The predicted octanol–water partition coefficient (Wildman–Crippen LogP) is 1.34. The zero-order chi connectivity index (χ0) is 17.8. The number of para-hydroxylation sites is 1. The number of amides is 2. The van der Waals surface area contributed by atoms with Gasteiger partial charge >= 0.3 is 0 Å². The lowest BCUT2D eigenvalue weighted by atomic mass is 9.89. The number of hydrogen-bond acceptors (Lipinski definition) is 6. The normalized spacial score (nSPS) is 16.1. The van der Waals surface area contributed by atoms with Crippen LogP contribution >= 0.6 is 0 Å². The van der Waals surface area contributed by atoms with Crippen LogP contribution in [-0.4, -0.2) is 36.1 Å². The Bertz CT molecular complexity index is 771. The molecular weight excluding hydrogens is 322 g/mol. The van der Waals surface area contributed by atoms with E-state index in [0.29, 0.717) is 24.7 Å². The smallest absolute Gasteiger partial charge is 0.265 e. The van der Waals surface area contributed by atoms with E-state index in [4.69, 9.17) is 4.52 Å². The Morgan fingerprint density at radius 3 is 2.96 bits per heavy atom. The second-order valence-corrected chi connectivity index (χ2v) is 6.25. The number of anilines is 2. The third-order valence-corrected chi connectivity index (χ3v) is 4.13. The fourth-order valence-electron chi connectivity index (χ4n) is 2.71. The van der Waals surface area contributed by atoms with Crippen molar-refractivity contribution in [1.29, 1.82) is 0 Å². The van der Waals surface area contributed by atoms with Crippen molar-refractivity contribution in [3.05, 3.63) is 35.7 Å². The van der Waals surface area contributed by atoms with Crippen molar-refractivity contribution in [2.24, 2.45) is 5.92 Å². The van der Waals surface area contributed by atoms with Gasteiger partial charge in [-0.1, -0.05) is 18.2 Å². The highest BCUT2D eigenvalue weighted by atomic mass is 16.5. The van der Waals surface area contributed by atoms with Crippen LogP contribution in [0.2, 0.25) is 0 Å².